The van der Waals surface area contributed by atoms with E-state index >= 15 is 0 Å². The van der Waals surface area contributed by atoms with Gasteiger partial charge in [-0.1, -0.05) is 47.5 Å². The third kappa shape index (κ3) is 4.06. The molecule has 0 radical (unpaired) electrons. The fourth-order valence-electron chi connectivity index (χ4n) is 3.15. The van der Waals surface area contributed by atoms with Gasteiger partial charge in [0, 0.05) is 19.2 Å². The van der Waals surface area contributed by atoms with Gasteiger partial charge in [-0.25, -0.2) is 9.18 Å². The number of imide groups is 1. The minimum Gasteiger partial charge on any atom is -0.340 e. The average Bonchev–Trinajstić information content (AvgIpc) is 2.88. The van der Waals surface area contributed by atoms with Gasteiger partial charge in [-0.05, 0) is 30.7 Å². The highest BCUT2D eigenvalue weighted by Gasteiger charge is 2.50. The summed E-state index contributed by atoms with van der Waals surface area (Å²) in [5.74, 6) is -1.77. The summed E-state index contributed by atoms with van der Waals surface area (Å²) in [7, 11) is 1.54. The first-order valence-electron chi connectivity index (χ1n) is 8.70. The quantitative estimate of drug-likeness (QED) is 0.726. The normalized spacial score (nSPS) is 18.7. The Hall–Kier alpha value is -2.64. The number of urea groups is 1. The summed E-state index contributed by atoms with van der Waals surface area (Å²) in [4.78, 5) is 39.9. The number of carbonyl (C=O) groups excluding carboxylic acids is 3. The molecule has 1 saturated heterocycles. The molecule has 3 rings (SSSR count). The van der Waals surface area contributed by atoms with E-state index in [9.17, 15) is 18.8 Å². The van der Waals surface area contributed by atoms with Gasteiger partial charge in [0.05, 0.1) is 10.0 Å². The van der Waals surface area contributed by atoms with Crippen LogP contribution in [0.25, 0.3) is 0 Å². The zero-order chi connectivity index (χ0) is 21.3. The van der Waals surface area contributed by atoms with Crippen LogP contribution in [0.4, 0.5) is 9.18 Å². The molecule has 152 valence electrons. The van der Waals surface area contributed by atoms with Crippen LogP contribution < -0.4 is 5.32 Å². The maximum Gasteiger partial charge on any atom is 0.325 e. The SMILES string of the molecule is CN(Cc1ccc(Cl)c(Cl)c1)C(=O)CN1C(=O)NC(C)(c2ccccc2F)C1=O. The number of nitrogens with zero attached hydrogens (tertiary/aromatic N) is 2. The van der Waals surface area contributed by atoms with E-state index in [1.165, 1.54) is 30.0 Å². The third-order valence-corrected chi connectivity index (χ3v) is 5.55. The highest BCUT2D eigenvalue weighted by molar-refractivity contribution is 6.42. The van der Waals surface area contributed by atoms with E-state index in [-0.39, 0.29) is 12.1 Å². The van der Waals surface area contributed by atoms with Gasteiger partial charge in [0.15, 0.2) is 0 Å². The fraction of sp³-hybridized carbons (Fsp3) is 0.250. The Bertz CT molecular complexity index is 1000. The molecule has 1 N–H and O–H groups in total. The van der Waals surface area contributed by atoms with Crippen LogP contribution in [0, 0.1) is 5.82 Å². The van der Waals surface area contributed by atoms with Crippen molar-refractivity contribution >= 4 is 41.0 Å². The summed E-state index contributed by atoms with van der Waals surface area (Å²) < 4.78 is 14.2. The number of carbonyl (C=O) groups is 3. The second-order valence-electron chi connectivity index (χ2n) is 6.92. The van der Waals surface area contributed by atoms with Crippen LogP contribution >= 0.6 is 23.2 Å². The summed E-state index contributed by atoms with van der Waals surface area (Å²) in [6.07, 6.45) is 0. The van der Waals surface area contributed by atoms with Crippen molar-refractivity contribution < 1.29 is 18.8 Å². The second kappa shape index (κ2) is 8.00. The monoisotopic (exact) mass is 437 g/mol. The number of hydrogen-bond donors (Lipinski definition) is 1. The van der Waals surface area contributed by atoms with Crippen LogP contribution in [0.5, 0.6) is 0 Å². The molecule has 2 aromatic rings. The maximum absolute atomic E-state index is 14.2. The highest BCUT2D eigenvalue weighted by atomic mass is 35.5. The van der Waals surface area contributed by atoms with Gasteiger partial charge in [0.25, 0.3) is 5.91 Å². The first-order valence-corrected chi connectivity index (χ1v) is 9.46. The molecule has 1 unspecified atom stereocenters. The summed E-state index contributed by atoms with van der Waals surface area (Å²) in [6.45, 7) is 1.16. The molecule has 0 aliphatic carbocycles. The molecule has 1 heterocycles. The predicted molar refractivity (Wildman–Crippen MR) is 107 cm³/mol. The zero-order valence-corrected chi connectivity index (χ0v) is 17.2. The van der Waals surface area contributed by atoms with E-state index in [1.807, 2.05) is 0 Å². The molecule has 1 aliphatic heterocycles. The van der Waals surface area contributed by atoms with Gasteiger partial charge in [0.1, 0.15) is 17.9 Å². The van der Waals surface area contributed by atoms with Gasteiger partial charge in [0.2, 0.25) is 5.91 Å². The molecular weight excluding hydrogens is 420 g/mol. The van der Waals surface area contributed by atoms with Gasteiger partial charge < -0.3 is 10.2 Å². The lowest BCUT2D eigenvalue weighted by Gasteiger charge is -2.23. The summed E-state index contributed by atoms with van der Waals surface area (Å²) in [5, 5.41) is 3.25. The van der Waals surface area contributed by atoms with Gasteiger partial charge in [-0.15, -0.1) is 0 Å². The lowest BCUT2D eigenvalue weighted by atomic mass is 9.91. The lowest BCUT2D eigenvalue weighted by molar-refractivity contribution is -0.138. The van der Waals surface area contributed by atoms with E-state index < -0.39 is 35.7 Å². The minimum atomic E-state index is -1.58. The second-order valence-corrected chi connectivity index (χ2v) is 7.74. The van der Waals surface area contributed by atoms with Crippen molar-refractivity contribution in [1.29, 1.82) is 0 Å². The Morgan fingerprint density at radius 2 is 1.86 bits per heavy atom. The first kappa shape index (κ1) is 21.1. The summed E-state index contributed by atoms with van der Waals surface area (Å²) in [6, 6.07) is 9.92. The number of hydrogen-bond acceptors (Lipinski definition) is 3. The number of amides is 4. The molecular formula is C20H18Cl2FN3O3. The molecule has 0 aromatic heterocycles. The molecule has 0 spiro atoms. The molecule has 4 amide bonds. The average molecular weight is 438 g/mol. The number of benzene rings is 2. The van der Waals surface area contributed by atoms with E-state index in [2.05, 4.69) is 5.32 Å². The molecule has 0 saturated carbocycles. The number of nitrogens with one attached hydrogen (secondary N) is 1. The molecule has 1 aliphatic rings. The van der Waals surface area contributed by atoms with E-state index in [0.29, 0.717) is 10.0 Å². The van der Waals surface area contributed by atoms with E-state index in [1.54, 1.807) is 31.3 Å². The van der Waals surface area contributed by atoms with Crippen molar-refractivity contribution in [2.24, 2.45) is 0 Å². The van der Waals surface area contributed by atoms with Crippen LogP contribution in [0.15, 0.2) is 42.5 Å². The Kier molecular flexibility index (Phi) is 5.82. The minimum absolute atomic E-state index is 0.0393. The summed E-state index contributed by atoms with van der Waals surface area (Å²) >= 11 is 11.9. The predicted octanol–water partition coefficient (Wildman–Crippen LogP) is 3.56. The lowest BCUT2D eigenvalue weighted by Crippen LogP contribution is -2.44. The van der Waals surface area contributed by atoms with Crippen LogP contribution in [0.3, 0.4) is 0 Å². The van der Waals surface area contributed by atoms with Crippen LogP contribution in [-0.4, -0.2) is 41.2 Å². The number of likely N-dealkylation sites (N-methyl/N-ethyl adjacent to an activating group) is 1. The van der Waals surface area contributed by atoms with Gasteiger partial charge in [-0.2, -0.15) is 0 Å². The number of halogens is 3. The maximum atomic E-state index is 14.2. The van der Waals surface area contributed by atoms with Crippen molar-refractivity contribution in [3.63, 3.8) is 0 Å². The topological polar surface area (TPSA) is 69.7 Å². The Labute approximate surface area is 177 Å². The Morgan fingerprint density at radius 1 is 1.17 bits per heavy atom. The molecule has 1 atom stereocenters. The van der Waals surface area contributed by atoms with Gasteiger partial charge >= 0.3 is 6.03 Å². The number of rotatable bonds is 5. The van der Waals surface area contributed by atoms with Crippen molar-refractivity contribution in [1.82, 2.24) is 15.1 Å². The van der Waals surface area contributed by atoms with Crippen LogP contribution in [0.2, 0.25) is 10.0 Å². The Morgan fingerprint density at radius 3 is 2.52 bits per heavy atom. The largest absolute Gasteiger partial charge is 0.340 e. The van der Waals surface area contributed by atoms with Crippen molar-refractivity contribution in [2.45, 2.75) is 19.0 Å². The zero-order valence-electron chi connectivity index (χ0n) is 15.7. The smallest absolute Gasteiger partial charge is 0.325 e. The van der Waals surface area contributed by atoms with Gasteiger partial charge in [-0.3, -0.25) is 14.5 Å². The molecule has 29 heavy (non-hydrogen) atoms. The summed E-state index contributed by atoms with van der Waals surface area (Å²) in [5.41, 5.74) is -0.800. The Balaban J connectivity index is 1.73. The van der Waals surface area contributed by atoms with E-state index in [4.69, 9.17) is 23.2 Å². The van der Waals surface area contributed by atoms with Crippen molar-refractivity contribution in [3.05, 3.63) is 69.5 Å². The molecule has 2 aromatic carbocycles. The molecule has 6 nitrogen and oxygen atoms in total. The standard InChI is InChI=1S/C20H18Cl2FN3O3/c1-20(13-5-3-4-6-16(13)23)18(28)26(19(29)24-20)11-17(27)25(2)10-12-7-8-14(21)15(22)9-12/h3-9H,10-11H2,1-2H3,(H,24,29). The van der Waals surface area contributed by atoms with Crippen molar-refractivity contribution in [2.75, 3.05) is 13.6 Å². The van der Waals surface area contributed by atoms with Crippen molar-refractivity contribution in [3.8, 4) is 0 Å². The third-order valence-electron chi connectivity index (χ3n) is 4.81. The molecule has 1 fully saturated rings. The van der Waals surface area contributed by atoms with E-state index in [0.717, 1.165) is 10.5 Å². The van der Waals surface area contributed by atoms with Crippen LogP contribution in [-0.2, 0) is 21.7 Å². The van der Waals surface area contributed by atoms with Crippen LogP contribution in [0.1, 0.15) is 18.1 Å². The molecule has 0 bridgehead atoms. The molecule has 9 heteroatoms. The first-order chi connectivity index (χ1) is 13.6. The highest BCUT2D eigenvalue weighted by Crippen LogP contribution is 2.30. The fourth-order valence-corrected chi connectivity index (χ4v) is 3.47.